The summed E-state index contributed by atoms with van der Waals surface area (Å²) in [6.07, 6.45) is 1.98. The Labute approximate surface area is 136 Å². The van der Waals surface area contributed by atoms with Gasteiger partial charge < -0.3 is 26.6 Å². The van der Waals surface area contributed by atoms with Crippen molar-refractivity contribution in [3.63, 3.8) is 0 Å². The van der Waals surface area contributed by atoms with E-state index >= 15 is 0 Å². The molecule has 0 heterocycles. The van der Waals surface area contributed by atoms with Crippen LogP contribution in [0.3, 0.4) is 0 Å². The van der Waals surface area contributed by atoms with Crippen molar-refractivity contribution in [3.05, 3.63) is 35.9 Å². The van der Waals surface area contributed by atoms with Crippen molar-refractivity contribution in [1.82, 2.24) is 5.32 Å². The highest BCUT2D eigenvalue weighted by Gasteiger charge is 2.23. The standard InChI is InChI=1S/C16H25N3O4/c17-9-5-4-8-13(18)15(20)19-14(16(21)22)11-23-10-12-6-2-1-3-7-12/h1-3,6-7,13-14H,4-5,8-11,17-18H2,(H,19,20)(H,21,22)/t13-,14+/m1/s1. The van der Waals surface area contributed by atoms with Gasteiger partial charge in [-0.1, -0.05) is 36.8 Å². The summed E-state index contributed by atoms with van der Waals surface area (Å²) in [6, 6.07) is 7.52. The molecule has 1 aromatic carbocycles. The fourth-order valence-electron chi connectivity index (χ4n) is 1.96. The number of carboxylic acid groups (broad SMARTS) is 1. The van der Waals surface area contributed by atoms with E-state index in [2.05, 4.69) is 5.32 Å². The number of nitrogens with one attached hydrogen (secondary N) is 1. The number of rotatable bonds is 11. The molecule has 0 aliphatic rings. The molecule has 0 saturated carbocycles. The molecule has 6 N–H and O–H groups in total. The van der Waals surface area contributed by atoms with Gasteiger partial charge in [0.15, 0.2) is 6.04 Å². The monoisotopic (exact) mass is 323 g/mol. The molecule has 0 unspecified atom stereocenters. The highest BCUT2D eigenvalue weighted by atomic mass is 16.5. The van der Waals surface area contributed by atoms with E-state index in [0.29, 0.717) is 13.0 Å². The number of carbonyl (C=O) groups excluding carboxylic acids is 1. The van der Waals surface area contributed by atoms with Crippen molar-refractivity contribution >= 4 is 11.9 Å². The van der Waals surface area contributed by atoms with Gasteiger partial charge in [-0.05, 0) is 24.9 Å². The first kappa shape index (κ1) is 19.1. The van der Waals surface area contributed by atoms with Crippen molar-refractivity contribution in [2.24, 2.45) is 11.5 Å². The van der Waals surface area contributed by atoms with E-state index in [4.69, 9.17) is 21.3 Å². The lowest BCUT2D eigenvalue weighted by atomic mass is 10.1. The van der Waals surface area contributed by atoms with Crippen LogP contribution in [0.4, 0.5) is 0 Å². The van der Waals surface area contributed by atoms with Gasteiger partial charge in [-0.3, -0.25) is 4.79 Å². The molecule has 0 radical (unpaired) electrons. The number of aliphatic carboxylic acids is 1. The van der Waals surface area contributed by atoms with Gasteiger partial charge >= 0.3 is 5.97 Å². The number of benzene rings is 1. The third-order valence-corrected chi connectivity index (χ3v) is 3.32. The highest BCUT2D eigenvalue weighted by molar-refractivity contribution is 5.86. The minimum Gasteiger partial charge on any atom is -0.480 e. The number of ether oxygens (including phenoxy) is 1. The predicted molar refractivity (Wildman–Crippen MR) is 86.5 cm³/mol. The maximum atomic E-state index is 11.9. The molecule has 7 nitrogen and oxygen atoms in total. The third-order valence-electron chi connectivity index (χ3n) is 3.32. The highest BCUT2D eigenvalue weighted by Crippen LogP contribution is 2.02. The molecule has 0 aromatic heterocycles. The summed E-state index contributed by atoms with van der Waals surface area (Å²) in [5, 5.41) is 11.6. The Balaban J connectivity index is 2.39. The number of hydrogen-bond acceptors (Lipinski definition) is 5. The summed E-state index contributed by atoms with van der Waals surface area (Å²) < 4.78 is 5.37. The van der Waals surface area contributed by atoms with Crippen LogP contribution >= 0.6 is 0 Å². The SMILES string of the molecule is NCCCC[C@@H](N)C(=O)N[C@@H](COCc1ccccc1)C(=O)O. The van der Waals surface area contributed by atoms with Gasteiger partial charge in [0.05, 0.1) is 19.3 Å². The van der Waals surface area contributed by atoms with Crippen LogP contribution in [-0.2, 0) is 20.9 Å². The molecule has 1 rings (SSSR count). The van der Waals surface area contributed by atoms with Gasteiger partial charge in [-0.15, -0.1) is 0 Å². The summed E-state index contributed by atoms with van der Waals surface area (Å²) in [6.45, 7) is 0.702. The summed E-state index contributed by atoms with van der Waals surface area (Å²) >= 11 is 0. The third kappa shape index (κ3) is 7.73. The zero-order valence-corrected chi connectivity index (χ0v) is 13.1. The number of nitrogens with two attached hydrogens (primary N) is 2. The van der Waals surface area contributed by atoms with E-state index in [1.165, 1.54) is 0 Å². The van der Waals surface area contributed by atoms with Crippen LogP contribution in [0.25, 0.3) is 0 Å². The average molecular weight is 323 g/mol. The van der Waals surface area contributed by atoms with E-state index in [1.54, 1.807) is 0 Å². The lowest BCUT2D eigenvalue weighted by molar-refractivity contribution is -0.144. The van der Waals surface area contributed by atoms with Gasteiger partial charge in [0, 0.05) is 0 Å². The van der Waals surface area contributed by atoms with Crippen LogP contribution < -0.4 is 16.8 Å². The Kier molecular flexibility index (Phi) is 8.89. The van der Waals surface area contributed by atoms with Crippen LogP contribution in [0.2, 0.25) is 0 Å². The molecule has 0 saturated heterocycles. The molecular formula is C16H25N3O4. The zero-order valence-electron chi connectivity index (χ0n) is 13.1. The van der Waals surface area contributed by atoms with Gasteiger partial charge in [0.2, 0.25) is 5.91 Å². The molecule has 23 heavy (non-hydrogen) atoms. The van der Waals surface area contributed by atoms with Gasteiger partial charge in [-0.2, -0.15) is 0 Å². The molecule has 2 atom stereocenters. The van der Waals surface area contributed by atoms with E-state index in [9.17, 15) is 9.59 Å². The van der Waals surface area contributed by atoms with Crippen LogP contribution in [0.1, 0.15) is 24.8 Å². The van der Waals surface area contributed by atoms with Gasteiger partial charge in [0.25, 0.3) is 0 Å². The first-order valence-electron chi connectivity index (χ1n) is 7.65. The summed E-state index contributed by atoms with van der Waals surface area (Å²) in [5.41, 5.74) is 12.0. The van der Waals surface area contributed by atoms with E-state index in [-0.39, 0.29) is 13.2 Å². The number of unbranched alkanes of at least 4 members (excludes halogenated alkanes) is 1. The van der Waals surface area contributed by atoms with Gasteiger partial charge in [0.1, 0.15) is 0 Å². The van der Waals surface area contributed by atoms with Crippen molar-refractivity contribution in [3.8, 4) is 0 Å². The maximum absolute atomic E-state index is 11.9. The fraction of sp³-hybridized carbons (Fsp3) is 0.500. The first-order valence-corrected chi connectivity index (χ1v) is 7.65. The minimum atomic E-state index is -1.15. The average Bonchev–Trinajstić information content (AvgIpc) is 2.54. The Hall–Kier alpha value is -1.96. The molecule has 1 aromatic rings. The second-order valence-electron chi connectivity index (χ2n) is 5.29. The Morgan fingerprint density at radius 1 is 1.22 bits per heavy atom. The molecule has 1 amide bonds. The minimum absolute atomic E-state index is 0.120. The summed E-state index contributed by atoms with van der Waals surface area (Å²) in [7, 11) is 0. The molecular weight excluding hydrogens is 298 g/mol. The summed E-state index contributed by atoms with van der Waals surface area (Å²) in [5.74, 6) is -1.64. The number of carboxylic acids is 1. The smallest absolute Gasteiger partial charge is 0.328 e. The Morgan fingerprint density at radius 2 is 1.91 bits per heavy atom. The second-order valence-corrected chi connectivity index (χ2v) is 5.29. The maximum Gasteiger partial charge on any atom is 0.328 e. The molecule has 0 bridgehead atoms. The normalized spacial score (nSPS) is 13.3. The van der Waals surface area contributed by atoms with Crippen LogP contribution in [0.5, 0.6) is 0 Å². The molecule has 7 heteroatoms. The van der Waals surface area contributed by atoms with Crippen molar-refractivity contribution in [1.29, 1.82) is 0 Å². The Morgan fingerprint density at radius 3 is 2.52 bits per heavy atom. The first-order chi connectivity index (χ1) is 11.0. The molecule has 128 valence electrons. The summed E-state index contributed by atoms with van der Waals surface area (Å²) in [4.78, 5) is 23.1. The lowest BCUT2D eigenvalue weighted by Gasteiger charge is -2.18. The van der Waals surface area contributed by atoms with Gasteiger partial charge in [-0.25, -0.2) is 4.79 Å². The molecule has 0 aliphatic carbocycles. The van der Waals surface area contributed by atoms with E-state index in [1.807, 2.05) is 30.3 Å². The predicted octanol–water partition coefficient (Wildman–Crippen LogP) is 0.229. The number of amides is 1. The number of carbonyl (C=O) groups is 2. The van der Waals surface area contributed by atoms with Crippen LogP contribution in [-0.4, -0.2) is 42.2 Å². The lowest BCUT2D eigenvalue weighted by Crippen LogP contribution is -2.50. The van der Waals surface area contributed by atoms with Crippen molar-refractivity contribution in [2.45, 2.75) is 38.0 Å². The fourth-order valence-corrected chi connectivity index (χ4v) is 1.96. The van der Waals surface area contributed by atoms with Crippen LogP contribution in [0, 0.1) is 0 Å². The molecule has 0 fully saturated rings. The van der Waals surface area contributed by atoms with Crippen molar-refractivity contribution < 1.29 is 19.4 Å². The van der Waals surface area contributed by atoms with Crippen molar-refractivity contribution in [2.75, 3.05) is 13.2 Å². The molecule has 0 aliphatic heterocycles. The van der Waals surface area contributed by atoms with Crippen LogP contribution in [0.15, 0.2) is 30.3 Å². The quantitative estimate of drug-likeness (QED) is 0.432. The topological polar surface area (TPSA) is 128 Å². The van der Waals surface area contributed by atoms with E-state index in [0.717, 1.165) is 18.4 Å². The Bertz CT molecular complexity index is 481. The van der Waals surface area contributed by atoms with E-state index < -0.39 is 24.0 Å². The number of hydrogen-bond donors (Lipinski definition) is 4. The second kappa shape index (κ2) is 10.7. The molecule has 0 spiro atoms. The largest absolute Gasteiger partial charge is 0.480 e. The zero-order chi connectivity index (χ0) is 17.1.